The lowest BCUT2D eigenvalue weighted by Gasteiger charge is -2.23. The van der Waals surface area contributed by atoms with Crippen molar-refractivity contribution < 1.29 is 14.3 Å². The zero-order valence-electron chi connectivity index (χ0n) is 18.2. The first-order valence-electron chi connectivity index (χ1n) is 11.3. The minimum atomic E-state index is -0.380. The van der Waals surface area contributed by atoms with Crippen LogP contribution in [0.3, 0.4) is 0 Å². The lowest BCUT2D eigenvalue weighted by atomic mass is 10.1. The molecule has 0 radical (unpaired) electrons. The maximum absolute atomic E-state index is 13.1. The van der Waals surface area contributed by atoms with Crippen molar-refractivity contribution >= 4 is 5.91 Å². The number of carbonyl (C=O) groups is 1. The van der Waals surface area contributed by atoms with Crippen molar-refractivity contribution in [2.45, 2.75) is 63.6 Å². The highest BCUT2D eigenvalue weighted by Gasteiger charge is 2.18. The molecule has 2 fully saturated rings. The van der Waals surface area contributed by atoms with Crippen molar-refractivity contribution in [3.63, 3.8) is 0 Å². The van der Waals surface area contributed by atoms with Gasteiger partial charge in [-0.15, -0.1) is 0 Å². The molecule has 0 aromatic heterocycles. The minimum Gasteiger partial charge on any atom is -0.508 e. The van der Waals surface area contributed by atoms with Crippen molar-refractivity contribution in [3.05, 3.63) is 65.5 Å². The van der Waals surface area contributed by atoms with Crippen molar-refractivity contribution in [1.82, 2.24) is 16.0 Å². The van der Waals surface area contributed by atoms with Crippen LogP contribution in [0.15, 0.2) is 48.5 Å². The molecule has 4 N–H and O–H groups in total. The lowest BCUT2D eigenvalue weighted by molar-refractivity contribution is 0.0929. The summed E-state index contributed by atoms with van der Waals surface area (Å²) in [5, 5.41) is 19.1. The molecular weight excluding hydrogens is 393 g/mol. The van der Waals surface area contributed by atoms with Crippen LogP contribution in [-0.2, 0) is 0 Å². The van der Waals surface area contributed by atoms with Crippen LogP contribution in [0.4, 0.5) is 4.39 Å². The molecule has 0 bridgehead atoms. The van der Waals surface area contributed by atoms with Gasteiger partial charge in [0.25, 0.3) is 5.91 Å². The molecule has 2 aromatic carbocycles. The Morgan fingerprint density at radius 2 is 1.71 bits per heavy atom. The van der Waals surface area contributed by atoms with Gasteiger partial charge >= 0.3 is 0 Å². The number of halogens is 1. The van der Waals surface area contributed by atoms with E-state index in [0.717, 1.165) is 43.1 Å². The number of benzene rings is 2. The second kappa shape index (κ2) is 11.8. The molecule has 2 aliphatic rings. The summed E-state index contributed by atoms with van der Waals surface area (Å²) in [5.74, 6) is -0.340. The molecular formula is C25H34FN3O2. The van der Waals surface area contributed by atoms with Crippen molar-refractivity contribution in [3.8, 4) is 5.75 Å². The maximum atomic E-state index is 13.1. The van der Waals surface area contributed by atoms with Crippen LogP contribution in [0.1, 0.15) is 67.4 Å². The minimum absolute atomic E-state index is 0.00456. The van der Waals surface area contributed by atoms with E-state index in [1.807, 2.05) is 37.3 Å². The first kappa shape index (κ1) is 23.2. The van der Waals surface area contributed by atoms with Crippen LogP contribution in [0.5, 0.6) is 5.75 Å². The lowest BCUT2D eigenvalue weighted by Crippen LogP contribution is -2.42. The van der Waals surface area contributed by atoms with E-state index in [1.54, 1.807) is 6.07 Å². The summed E-state index contributed by atoms with van der Waals surface area (Å²) in [7, 11) is 0. The second-order valence-corrected chi connectivity index (χ2v) is 8.48. The second-order valence-electron chi connectivity index (χ2n) is 8.48. The van der Waals surface area contributed by atoms with Crippen LogP contribution >= 0.6 is 0 Å². The van der Waals surface area contributed by atoms with Crippen molar-refractivity contribution in [2.24, 2.45) is 0 Å². The SMILES string of the molecule is CC(NC1CCCC1)c1cc(O)cc(F)c1.O=C(NC1CCNCC1)c1ccccc1. The topological polar surface area (TPSA) is 73.4 Å². The standard InChI is InChI=1S/C13H18FNO.C12H16N2O/c1-9(15-12-4-2-3-5-12)10-6-11(14)8-13(16)7-10;15-12(10-4-2-1-3-5-10)14-11-6-8-13-9-7-11/h6-9,12,15-16H,2-5H2,1H3;1-5,11,13H,6-9H2,(H,14,15). The van der Waals surface area contributed by atoms with Gasteiger partial charge in [-0.2, -0.15) is 0 Å². The molecule has 5 nitrogen and oxygen atoms in total. The van der Waals surface area contributed by atoms with E-state index in [9.17, 15) is 14.3 Å². The highest BCUT2D eigenvalue weighted by atomic mass is 19.1. The molecule has 168 valence electrons. The molecule has 1 saturated carbocycles. The smallest absolute Gasteiger partial charge is 0.251 e. The van der Waals surface area contributed by atoms with Gasteiger partial charge in [0.1, 0.15) is 11.6 Å². The Bertz CT molecular complexity index is 799. The van der Waals surface area contributed by atoms with Crippen LogP contribution in [0.25, 0.3) is 0 Å². The molecule has 1 atom stereocenters. The van der Waals surface area contributed by atoms with Crippen LogP contribution in [-0.4, -0.2) is 36.2 Å². The Morgan fingerprint density at radius 1 is 1.03 bits per heavy atom. The molecule has 1 amide bonds. The van der Waals surface area contributed by atoms with Gasteiger partial charge in [-0.1, -0.05) is 31.0 Å². The molecule has 4 rings (SSSR count). The van der Waals surface area contributed by atoms with Gasteiger partial charge in [0, 0.05) is 29.8 Å². The van der Waals surface area contributed by atoms with Crippen molar-refractivity contribution in [1.29, 1.82) is 0 Å². The molecule has 1 heterocycles. The van der Waals surface area contributed by atoms with Gasteiger partial charge < -0.3 is 21.1 Å². The maximum Gasteiger partial charge on any atom is 0.251 e. The Morgan fingerprint density at radius 3 is 2.35 bits per heavy atom. The largest absolute Gasteiger partial charge is 0.508 e. The molecule has 1 aliphatic heterocycles. The van der Waals surface area contributed by atoms with Gasteiger partial charge in [-0.25, -0.2) is 4.39 Å². The van der Waals surface area contributed by atoms with E-state index < -0.39 is 0 Å². The number of piperidine rings is 1. The third kappa shape index (κ3) is 7.64. The summed E-state index contributed by atoms with van der Waals surface area (Å²) in [6.45, 7) is 4.01. The van der Waals surface area contributed by atoms with Crippen LogP contribution in [0.2, 0.25) is 0 Å². The van der Waals surface area contributed by atoms with Gasteiger partial charge in [-0.3, -0.25) is 4.79 Å². The number of aromatic hydroxyl groups is 1. The van der Waals surface area contributed by atoms with E-state index in [0.29, 0.717) is 12.1 Å². The zero-order chi connectivity index (χ0) is 22.1. The van der Waals surface area contributed by atoms with Gasteiger partial charge in [0.2, 0.25) is 0 Å². The van der Waals surface area contributed by atoms with Crippen LogP contribution in [0, 0.1) is 5.82 Å². The van der Waals surface area contributed by atoms with Gasteiger partial charge in [0.05, 0.1) is 0 Å². The number of nitrogens with one attached hydrogen (secondary N) is 3. The van der Waals surface area contributed by atoms with E-state index in [4.69, 9.17) is 0 Å². The number of phenols is 1. The fourth-order valence-corrected chi connectivity index (χ4v) is 4.21. The Balaban J connectivity index is 0.000000176. The predicted octanol–water partition coefficient (Wildman–Crippen LogP) is 4.29. The average molecular weight is 428 g/mol. The third-order valence-electron chi connectivity index (χ3n) is 5.96. The van der Waals surface area contributed by atoms with Gasteiger partial charge in [0.15, 0.2) is 0 Å². The molecule has 1 saturated heterocycles. The van der Waals surface area contributed by atoms with Gasteiger partial charge in [-0.05, 0) is 75.5 Å². The first-order chi connectivity index (χ1) is 15.0. The number of carbonyl (C=O) groups excluding carboxylic acids is 1. The Hall–Kier alpha value is -2.44. The number of amides is 1. The number of phenolic OH excluding ortho intramolecular Hbond substituents is 1. The molecule has 2 aromatic rings. The quantitative estimate of drug-likeness (QED) is 0.574. The molecule has 1 aliphatic carbocycles. The zero-order valence-corrected chi connectivity index (χ0v) is 18.2. The summed E-state index contributed by atoms with van der Waals surface area (Å²) in [6, 6.07) is 14.6. The number of hydrogen-bond acceptors (Lipinski definition) is 4. The summed E-state index contributed by atoms with van der Waals surface area (Å²) in [6.07, 6.45) is 7.01. The summed E-state index contributed by atoms with van der Waals surface area (Å²) in [4.78, 5) is 11.8. The third-order valence-corrected chi connectivity index (χ3v) is 5.96. The van der Waals surface area contributed by atoms with Crippen LogP contribution < -0.4 is 16.0 Å². The summed E-state index contributed by atoms with van der Waals surface area (Å²) >= 11 is 0. The number of hydrogen-bond donors (Lipinski definition) is 4. The Labute approximate surface area is 184 Å². The summed E-state index contributed by atoms with van der Waals surface area (Å²) < 4.78 is 13.1. The van der Waals surface area contributed by atoms with E-state index in [1.165, 1.54) is 31.7 Å². The first-order valence-corrected chi connectivity index (χ1v) is 11.3. The molecule has 1 unspecified atom stereocenters. The van der Waals surface area contributed by atoms with E-state index >= 15 is 0 Å². The summed E-state index contributed by atoms with van der Waals surface area (Å²) in [5.41, 5.74) is 1.56. The monoisotopic (exact) mass is 427 g/mol. The molecule has 0 spiro atoms. The van der Waals surface area contributed by atoms with Crippen molar-refractivity contribution in [2.75, 3.05) is 13.1 Å². The van der Waals surface area contributed by atoms with E-state index in [2.05, 4.69) is 16.0 Å². The fraction of sp³-hybridized carbons (Fsp3) is 0.480. The molecule has 6 heteroatoms. The Kier molecular flexibility index (Phi) is 8.85. The average Bonchev–Trinajstić information content (AvgIpc) is 3.28. The normalized spacial score (nSPS) is 18.1. The highest BCUT2D eigenvalue weighted by molar-refractivity contribution is 5.94. The highest BCUT2D eigenvalue weighted by Crippen LogP contribution is 2.24. The number of rotatable bonds is 5. The van der Waals surface area contributed by atoms with E-state index in [-0.39, 0.29) is 23.5 Å². The molecule has 31 heavy (non-hydrogen) atoms. The predicted molar refractivity (Wildman–Crippen MR) is 122 cm³/mol. The fourth-order valence-electron chi connectivity index (χ4n) is 4.21.